The smallest absolute Gasteiger partial charge is 0.0234 e. The average molecular weight is 388 g/mol. The first kappa shape index (κ1) is 21.2. The van der Waals surface area contributed by atoms with Gasteiger partial charge in [-0.2, -0.15) is 0 Å². The molecule has 0 aliphatic heterocycles. The van der Waals surface area contributed by atoms with Gasteiger partial charge in [0.1, 0.15) is 0 Å². The highest BCUT2D eigenvalue weighted by Gasteiger charge is 2.63. The van der Waals surface area contributed by atoms with Gasteiger partial charge in [-0.1, -0.05) is 59.8 Å². The van der Waals surface area contributed by atoms with Crippen LogP contribution in [0, 0.1) is 40.4 Å². The first-order valence-electron chi connectivity index (χ1n) is 13.1. The van der Waals surface area contributed by atoms with Crippen molar-refractivity contribution in [2.24, 2.45) is 40.4 Å². The van der Waals surface area contributed by atoms with E-state index in [-0.39, 0.29) is 0 Å². The summed E-state index contributed by atoms with van der Waals surface area (Å²) >= 11 is 0. The van der Waals surface area contributed by atoms with Crippen LogP contribution in [0.5, 0.6) is 0 Å². The van der Waals surface area contributed by atoms with Crippen molar-refractivity contribution < 1.29 is 0 Å². The number of rotatable bonds is 6. The van der Waals surface area contributed by atoms with E-state index in [9.17, 15) is 0 Å². The van der Waals surface area contributed by atoms with Crippen LogP contribution < -0.4 is 5.32 Å². The van der Waals surface area contributed by atoms with Gasteiger partial charge in [0.05, 0.1) is 0 Å². The number of fused-ring (bicyclic) bond motifs is 5. The Morgan fingerprint density at radius 2 is 1.64 bits per heavy atom. The summed E-state index contributed by atoms with van der Waals surface area (Å²) in [6, 6.07) is 0. The maximum absolute atomic E-state index is 3.97. The molecular weight excluding hydrogens is 338 g/mol. The summed E-state index contributed by atoms with van der Waals surface area (Å²) in [6.45, 7) is 10.2. The van der Waals surface area contributed by atoms with E-state index in [1.165, 1.54) is 77.0 Å². The molecule has 0 aromatic carbocycles. The van der Waals surface area contributed by atoms with Crippen molar-refractivity contribution >= 4 is 0 Å². The Kier molecular flexibility index (Phi) is 5.98. The zero-order valence-electron chi connectivity index (χ0n) is 19.8. The van der Waals surface area contributed by atoms with E-state index in [1.54, 1.807) is 12.8 Å². The average Bonchev–Trinajstić information content (AvgIpc) is 2.97. The van der Waals surface area contributed by atoms with Crippen LogP contribution in [0.3, 0.4) is 0 Å². The second-order valence-electron chi connectivity index (χ2n) is 12.4. The fraction of sp³-hybridized carbons (Fsp3) is 1.00. The third-order valence-electron chi connectivity index (χ3n) is 11.1. The molecule has 1 N–H and O–H groups in total. The van der Waals surface area contributed by atoms with Crippen molar-refractivity contribution in [3.05, 3.63) is 0 Å². The van der Waals surface area contributed by atoms with Gasteiger partial charge in [0.2, 0.25) is 0 Å². The molecule has 4 saturated carbocycles. The third kappa shape index (κ3) is 3.21. The Labute approximate surface area is 176 Å². The molecule has 0 radical (unpaired) electrons. The Balaban J connectivity index is 1.51. The standard InChI is InChI=1S/C27H49N/c1-20(2)10-6-9-17-27(28-5)19-15-24-22-13-12-21-11-7-8-16-25(21,3)23(22)14-18-26(24,27)4/h20-24,28H,6-19H2,1-5H3. The van der Waals surface area contributed by atoms with Crippen molar-refractivity contribution in [2.45, 2.75) is 123 Å². The van der Waals surface area contributed by atoms with Crippen molar-refractivity contribution in [3.63, 3.8) is 0 Å². The summed E-state index contributed by atoms with van der Waals surface area (Å²) in [4.78, 5) is 0. The molecule has 28 heavy (non-hydrogen) atoms. The molecule has 0 bridgehead atoms. The van der Waals surface area contributed by atoms with Gasteiger partial charge < -0.3 is 5.32 Å². The van der Waals surface area contributed by atoms with Crippen molar-refractivity contribution in [1.82, 2.24) is 5.32 Å². The highest BCUT2D eigenvalue weighted by Crippen LogP contribution is 2.68. The minimum Gasteiger partial charge on any atom is -0.314 e. The summed E-state index contributed by atoms with van der Waals surface area (Å²) in [5.41, 5.74) is 1.65. The van der Waals surface area contributed by atoms with Gasteiger partial charge in [0.15, 0.2) is 0 Å². The van der Waals surface area contributed by atoms with E-state index >= 15 is 0 Å². The third-order valence-corrected chi connectivity index (χ3v) is 11.1. The van der Waals surface area contributed by atoms with Gasteiger partial charge in [0.25, 0.3) is 0 Å². The van der Waals surface area contributed by atoms with Gasteiger partial charge in [-0.15, -0.1) is 0 Å². The molecule has 0 aromatic rings. The number of nitrogens with one attached hydrogen (secondary N) is 1. The summed E-state index contributed by atoms with van der Waals surface area (Å²) in [6.07, 6.45) is 20.8. The molecule has 162 valence electrons. The van der Waals surface area contributed by atoms with Crippen LogP contribution in [-0.4, -0.2) is 12.6 Å². The second-order valence-corrected chi connectivity index (χ2v) is 12.4. The zero-order valence-corrected chi connectivity index (χ0v) is 19.8. The van der Waals surface area contributed by atoms with Gasteiger partial charge in [-0.3, -0.25) is 0 Å². The molecule has 4 fully saturated rings. The topological polar surface area (TPSA) is 12.0 Å². The maximum atomic E-state index is 3.97. The lowest BCUT2D eigenvalue weighted by Gasteiger charge is -2.62. The molecule has 0 aromatic heterocycles. The number of hydrogen-bond donors (Lipinski definition) is 1. The SMILES string of the molecule is CNC1(CCCCC(C)C)CCC2C3CCC4CCCCC4(C)C3CCC21C. The van der Waals surface area contributed by atoms with Gasteiger partial charge >= 0.3 is 0 Å². The Morgan fingerprint density at radius 3 is 2.39 bits per heavy atom. The minimum absolute atomic E-state index is 0.421. The van der Waals surface area contributed by atoms with Crippen LogP contribution in [0.25, 0.3) is 0 Å². The van der Waals surface area contributed by atoms with E-state index < -0.39 is 0 Å². The Bertz CT molecular complexity index is 540. The van der Waals surface area contributed by atoms with Crippen LogP contribution in [0.1, 0.15) is 118 Å². The monoisotopic (exact) mass is 387 g/mol. The molecule has 4 rings (SSSR count). The van der Waals surface area contributed by atoms with Crippen molar-refractivity contribution in [1.29, 1.82) is 0 Å². The molecule has 4 aliphatic rings. The number of hydrogen-bond acceptors (Lipinski definition) is 1. The lowest BCUT2D eigenvalue weighted by molar-refractivity contribution is -0.117. The molecule has 4 aliphatic carbocycles. The molecule has 7 unspecified atom stereocenters. The Morgan fingerprint density at radius 1 is 0.857 bits per heavy atom. The van der Waals surface area contributed by atoms with Crippen LogP contribution in [0.2, 0.25) is 0 Å². The molecule has 7 atom stereocenters. The normalized spacial score (nSPS) is 48.2. The van der Waals surface area contributed by atoms with Crippen LogP contribution >= 0.6 is 0 Å². The molecule has 1 nitrogen and oxygen atoms in total. The quantitative estimate of drug-likeness (QED) is 0.463. The fourth-order valence-corrected chi connectivity index (χ4v) is 9.35. The van der Waals surface area contributed by atoms with E-state index in [2.05, 4.69) is 40.1 Å². The minimum atomic E-state index is 0.421. The van der Waals surface area contributed by atoms with Crippen molar-refractivity contribution in [2.75, 3.05) is 7.05 Å². The highest BCUT2D eigenvalue weighted by molar-refractivity contribution is 5.16. The lowest BCUT2D eigenvalue weighted by Crippen LogP contribution is -2.59. The largest absolute Gasteiger partial charge is 0.314 e. The van der Waals surface area contributed by atoms with E-state index in [4.69, 9.17) is 0 Å². The molecular formula is C27H49N. The number of unbranched alkanes of at least 4 members (excludes halogenated alkanes) is 1. The fourth-order valence-electron chi connectivity index (χ4n) is 9.35. The van der Waals surface area contributed by atoms with Crippen LogP contribution in [0.15, 0.2) is 0 Å². The predicted octanol–water partition coefficient (Wildman–Crippen LogP) is 7.59. The van der Waals surface area contributed by atoms with Gasteiger partial charge in [-0.25, -0.2) is 0 Å². The van der Waals surface area contributed by atoms with Gasteiger partial charge in [0, 0.05) is 5.54 Å². The van der Waals surface area contributed by atoms with Crippen LogP contribution in [0.4, 0.5) is 0 Å². The molecule has 0 heterocycles. The second kappa shape index (κ2) is 7.90. The predicted molar refractivity (Wildman–Crippen MR) is 121 cm³/mol. The van der Waals surface area contributed by atoms with Gasteiger partial charge in [-0.05, 0) is 105 Å². The van der Waals surface area contributed by atoms with E-state index in [0.29, 0.717) is 16.4 Å². The maximum Gasteiger partial charge on any atom is 0.0234 e. The summed E-state index contributed by atoms with van der Waals surface area (Å²) in [7, 11) is 2.29. The highest BCUT2D eigenvalue weighted by atomic mass is 15.0. The van der Waals surface area contributed by atoms with E-state index in [1.807, 2.05) is 0 Å². The van der Waals surface area contributed by atoms with Crippen molar-refractivity contribution in [3.8, 4) is 0 Å². The first-order chi connectivity index (χ1) is 13.4. The Hall–Kier alpha value is -0.0400. The zero-order chi connectivity index (χ0) is 20.0. The first-order valence-corrected chi connectivity index (χ1v) is 13.1. The lowest BCUT2D eigenvalue weighted by atomic mass is 9.44. The summed E-state index contributed by atoms with van der Waals surface area (Å²) < 4.78 is 0. The molecule has 0 spiro atoms. The molecule has 0 saturated heterocycles. The van der Waals surface area contributed by atoms with E-state index in [0.717, 1.165) is 29.6 Å². The molecule has 0 amide bonds. The van der Waals surface area contributed by atoms with Crippen LogP contribution in [-0.2, 0) is 0 Å². The summed E-state index contributed by atoms with van der Waals surface area (Å²) in [5.74, 6) is 4.98. The molecule has 1 heteroatoms. The summed E-state index contributed by atoms with van der Waals surface area (Å²) in [5, 5.41) is 3.97.